The number of nitrogens with one attached hydrogen (secondary N) is 1. The zero-order chi connectivity index (χ0) is 16.0. The number of carbonyl (C=O) groups excluding carboxylic acids is 1. The molecule has 1 rings (SSSR count). The number of nitrogens with zero attached hydrogens (tertiary/aromatic N) is 1. The predicted molar refractivity (Wildman–Crippen MR) is 89.9 cm³/mol. The molecule has 1 N–H and O–H groups in total. The maximum absolute atomic E-state index is 12.2. The summed E-state index contributed by atoms with van der Waals surface area (Å²) in [4.78, 5) is 13.9. The van der Waals surface area contributed by atoms with E-state index in [1.807, 2.05) is 26.8 Å². The van der Waals surface area contributed by atoms with Crippen LogP contribution in [-0.2, 0) is 4.79 Å². The first-order chi connectivity index (χ1) is 9.85. The summed E-state index contributed by atoms with van der Waals surface area (Å²) in [6.07, 6.45) is 0. The van der Waals surface area contributed by atoms with Gasteiger partial charge in [0.05, 0.1) is 6.54 Å². The first kappa shape index (κ1) is 18.0. The summed E-state index contributed by atoms with van der Waals surface area (Å²) in [6.45, 7) is 11.2. The van der Waals surface area contributed by atoms with Crippen LogP contribution in [0.1, 0.15) is 32.4 Å². The molecule has 1 aromatic rings. The first-order valence-electron chi connectivity index (χ1n) is 6.95. The van der Waals surface area contributed by atoms with Gasteiger partial charge in [0.15, 0.2) is 0 Å². The number of hydrogen-bond acceptors (Lipinski definition) is 2. The molecule has 1 aromatic carbocycles. The Bertz CT molecular complexity index is 517. The van der Waals surface area contributed by atoms with E-state index >= 15 is 0 Å². The highest BCUT2D eigenvalue weighted by atomic mass is 35.5. The van der Waals surface area contributed by atoms with Crippen molar-refractivity contribution in [1.82, 2.24) is 10.2 Å². The number of halogens is 2. The van der Waals surface area contributed by atoms with Gasteiger partial charge in [-0.3, -0.25) is 4.79 Å². The third-order valence-corrected chi connectivity index (χ3v) is 3.75. The molecular formula is C16H22Cl2N2O. The van der Waals surface area contributed by atoms with E-state index < -0.39 is 0 Å². The van der Waals surface area contributed by atoms with E-state index in [9.17, 15) is 4.79 Å². The summed E-state index contributed by atoms with van der Waals surface area (Å²) >= 11 is 12.1. The molecule has 0 aliphatic heterocycles. The van der Waals surface area contributed by atoms with Crippen LogP contribution in [0.2, 0.25) is 10.0 Å². The quantitative estimate of drug-likeness (QED) is 0.765. The Balaban J connectivity index is 2.61. The molecule has 116 valence electrons. The van der Waals surface area contributed by atoms with Gasteiger partial charge >= 0.3 is 0 Å². The molecule has 1 atom stereocenters. The largest absolute Gasteiger partial charge is 0.338 e. The van der Waals surface area contributed by atoms with E-state index in [1.54, 1.807) is 17.0 Å². The van der Waals surface area contributed by atoms with Gasteiger partial charge in [0.25, 0.3) is 0 Å². The molecule has 0 bridgehead atoms. The zero-order valence-corrected chi connectivity index (χ0v) is 14.3. The summed E-state index contributed by atoms with van der Waals surface area (Å²) in [6, 6.07) is 5.35. The third kappa shape index (κ3) is 5.70. The molecule has 0 fully saturated rings. The van der Waals surface area contributed by atoms with Crippen LogP contribution in [0, 0.1) is 0 Å². The standard InChI is InChI=1S/C16H22Cl2N2O/c1-5-20(10-11(2)3)16(21)9-19-12(4)14-7-6-13(17)8-15(14)18/h6-8,12,19H,2,5,9-10H2,1,3-4H3/t12-/m0/s1. The van der Waals surface area contributed by atoms with Gasteiger partial charge in [0.2, 0.25) is 5.91 Å². The lowest BCUT2D eigenvalue weighted by Crippen LogP contribution is -2.39. The minimum Gasteiger partial charge on any atom is -0.338 e. The molecule has 0 saturated carbocycles. The second-order valence-electron chi connectivity index (χ2n) is 5.13. The number of carbonyl (C=O) groups is 1. The molecule has 0 saturated heterocycles. The molecule has 0 unspecified atom stereocenters. The molecule has 0 heterocycles. The SMILES string of the molecule is C=C(C)CN(CC)C(=O)CN[C@@H](C)c1ccc(Cl)cc1Cl. The van der Waals surface area contributed by atoms with Gasteiger partial charge in [-0.25, -0.2) is 0 Å². The topological polar surface area (TPSA) is 32.3 Å². The van der Waals surface area contributed by atoms with E-state index in [-0.39, 0.29) is 18.5 Å². The molecule has 5 heteroatoms. The highest BCUT2D eigenvalue weighted by Gasteiger charge is 2.15. The molecule has 0 aromatic heterocycles. The molecule has 3 nitrogen and oxygen atoms in total. The Kier molecular flexibility index (Phi) is 7.23. The average Bonchev–Trinajstić information content (AvgIpc) is 2.41. The van der Waals surface area contributed by atoms with Crippen molar-refractivity contribution < 1.29 is 4.79 Å². The van der Waals surface area contributed by atoms with Crippen molar-refractivity contribution in [3.05, 3.63) is 46.0 Å². The molecule has 21 heavy (non-hydrogen) atoms. The van der Waals surface area contributed by atoms with Crippen molar-refractivity contribution in [3.63, 3.8) is 0 Å². The number of likely N-dealkylation sites (N-methyl/N-ethyl adjacent to an activating group) is 1. The second kappa shape index (κ2) is 8.42. The lowest BCUT2D eigenvalue weighted by Gasteiger charge is -2.23. The molecule has 0 spiro atoms. The Hall–Kier alpha value is -1.03. The Labute approximate surface area is 136 Å². The minimum atomic E-state index is -0.0257. The van der Waals surface area contributed by atoms with Gasteiger partial charge in [0.1, 0.15) is 0 Å². The molecule has 1 amide bonds. The number of rotatable bonds is 7. The van der Waals surface area contributed by atoms with Crippen LogP contribution in [0.25, 0.3) is 0 Å². The van der Waals surface area contributed by atoms with E-state index in [0.717, 1.165) is 11.1 Å². The fraction of sp³-hybridized carbons (Fsp3) is 0.438. The van der Waals surface area contributed by atoms with Crippen LogP contribution in [0.3, 0.4) is 0 Å². The molecule has 0 aliphatic rings. The lowest BCUT2D eigenvalue weighted by atomic mass is 10.1. The molecule has 0 aliphatic carbocycles. The third-order valence-electron chi connectivity index (χ3n) is 3.18. The Morgan fingerprint density at radius 2 is 2.10 bits per heavy atom. The van der Waals surface area contributed by atoms with Crippen molar-refractivity contribution in [2.24, 2.45) is 0 Å². The zero-order valence-electron chi connectivity index (χ0n) is 12.7. The Morgan fingerprint density at radius 3 is 2.62 bits per heavy atom. The van der Waals surface area contributed by atoms with Crippen molar-refractivity contribution in [2.45, 2.75) is 26.8 Å². The van der Waals surface area contributed by atoms with Crippen molar-refractivity contribution in [3.8, 4) is 0 Å². The van der Waals surface area contributed by atoms with E-state index in [4.69, 9.17) is 23.2 Å². The summed E-state index contributed by atoms with van der Waals surface area (Å²) in [5.74, 6) is 0.0532. The highest BCUT2D eigenvalue weighted by molar-refractivity contribution is 6.35. The van der Waals surface area contributed by atoms with Gasteiger partial charge < -0.3 is 10.2 Å². The van der Waals surface area contributed by atoms with Gasteiger partial charge in [-0.1, -0.05) is 41.4 Å². The second-order valence-corrected chi connectivity index (χ2v) is 5.98. The van der Waals surface area contributed by atoms with Crippen molar-refractivity contribution in [1.29, 1.82) is 0 Å². The summed E-state index contributed by atoms with van der Waals surface area (Å²) in [5.41, 5.74) is 1.90. The van der Waals surface area contributed by atoms with Gasteiger partial charge in [0, 0.05) is 29.2 Å². The van der Waals surface area contributed by atoms with Crippen LogP contribution in [-0.4, -0.2) is 30.4 Å². The summed E-state index contributed by atoms with van der Waals surface area (Å²) in [7, 11) is 0. The van der Waals surface area contributed by atoms with Crippen LogP contribution >= 0.6 is 23.2 Å². The van der Waals surface area contributed by atoms with Crippen LogP contribution in [0.15, 0.2) is 30.4 Å². The van der Waals surface area contributed by atoms with Crippen molar-refractivity contribution >= 4 is 29.1 Å². The molecule has 0 radical (unpaired) electrons. The minimum absolute atomic E-state index is 0.0257. The van der Waals surface area contributed by atoms with Gasteiger partial charge in [-0.15, -0.1) is 0 Å². The van der Waals surface area contributed by atoms with Crippen LogP contribution in [0.4, 0.5) is 0 Å². The van der Waals surface area contributed by atoms with Gasteiger partial charge in [-0.2, -0.15) is 0 Å². The Morgan fingerprint density at radius 1 is 1.43 bits per heavy atom. The summed E-state index contributed by atoms with van der Waals surface area (Å²) < 4.78 is 0. The number of hydrogen-bond donors (Lipinski definition) is 1. The monoisotopic (exact) mass is 328 g/mol. The maximum Gasteiger partial charge on any atom is 0.236 e. The van der Waals surface area contributed by atoms with E-state index in [0.29, 0.717) is 23.1 Å². The average molecular weight is 329 g/mol. The number of amides is 1. The van der Waals surface area contributed by atoms with Gasteiger partial charge in [-0.05, 0) is 38.5 Å². The molecular weight excluding hydrogens is 307 g/mol. The van der Waals surface area contributed by atoms with E-state index in [2.05, 4.69) is 11.9 Å². The number of benzene rings is 1. The smallest absolute Gasteiger partial charge is 0.236 e. The van der Waals surface area contributed by atoms with Crippen molar-refractivity contribution in [2.75, 3.05) is 19.6 Å². The van der Waals surface area contributed by atoms with Crippen LogP contribution in [0.5, 0.6) is 0 Å². The highest BCUT2D eigenvalue weighted by Crippen LogP contribution is 2.25. The maximum atomic E-state index is 12.2. The fourth-order valence-electron chi connectivity index (χ4n) is 2.02. The predicted octanol–water partition coefficient (Wildman–Crippen LogP) is 4.07. The van der Waals surface area contributed by atoms with Crippen LogP contribution < -0.4 is 5.32 Å². The normalized spacial score (nSPS) is 12.0. The fourth-order valence-corrected chi connectivity index (χ4v) is 2.59. The summed E-state index contributed by atoms with van der Waals surface area (Å²) in [5, 5.41) is 4.40. The first-order valence-corrected chi connectivity index (χ1v) is 7.71. The lowest BCUT2D eigenvalue weighted by molar-refractivity contribution is -0.129. The van der Waals surface area contributed by atoms with E-state index in [1.165, 1.54) is 0 Å².